The van der Waals surface area contributed by atoms with Crippen LogP contribution in [0.3, 0.4) is 0 Å². The Labute approximate surface area is 248 Å². The fourth-order valence-electron chi connectivity index (χ4n) is 4.47. The lowest BCUT2D eigenvalue weighted by molar-refractivity contribution is -0.140. The van der Waals surface area contributed by atoms with Crippen molar-refractivity contribution in [1.82, 2.24) is 10.2 Å². The topological polar surface area (TPSA) is 96.0 Å². The number of hydrogen-bond donors (Lipinski definition) is 1. The minimum atomic E-state index is -4.28. The van der Waals surface area contributed by atoms with E-state index in [-0.39, 0.29) is 29.1 Å². The van der Waals surface area contributed by atoms with Gasteiger partial charge in [0.05, 0.1) is 17.2 Å². The lowest BCUT2D eigenvalue weighted by atomic mass is 10.1. The molecule has 0 fully saturated rings. The molecule has 0 aromatic heterocycles. The van der Waals surface area contributed by atoms with Crippen LogP contribution in [0.25, 0.3) is 0 Å². The minimum absolute atomic E-state index is 0.0601. The zero-order valence-electron chi connectivity index (χ0n) is 24.8. The molecule has 0 aliphatic rings. The normalized spacial score (nSPS) is 12.7. The number of halogens is 1. The van der Waals surface area contributed by atoms with Gasteiger partial charge in [-0.25, -0.2) is 12.8 Å². The average Bonchev–Trinajstić information content (AvgIpc) is 2.97. The van der Waals surface area contributed by atoms with E-state index in [0.717, 1.165) is 27.6 Å². The highest BCUT2D eigenvalue weighted by molar-refractivity contribution is 7.92. The zero-order chi connectivity index (χ0) is 30.9. The lowest BCUT2D eigenvalue weighted by Crippen LogP contribution is -2.53. The van der Waals surface area contributed by atoms with E-state index >= 15 is 0 Å². The molecule has 8 nitrogen and oxygen atoms in total. The summed E-state index contributed by atoms with van der Waals surface area (Å²) in [5, 5.41) is 2.96. The molecule has 0 heterocycles. The van der Waals surface area contributed by atoms with E-state index in [1.54, 1.807) is 0 Å². The monoisotopic (exact) mass is 597 g/mol. The van der Waals surface area contributed by atoms with Crippen LogP contribution in [-0.2, 0) is 26.2 Å². The van der Waals surface area contributed by atoms with Crippen LogP contribution in [0.15, 0.2) is 77.7 Å². The Hall–Kier alpha value is -3.92. The number of sulfonamides is 1. The van der Waals surface area contributed by atoms with E-state index in [0.29, 0.717) is 25.2 Å². The number of carbonyl (C=O) groups is 2. The number of amides is 2. The Bertz CT molecular complexity index is 1450. The fourth-order valence-corrected chi connectivity index (χ4v) is 5.88. The van der Waals surface area contributed by atoms with E-state index < -0.39 is 34.3 Å². The summed E-state index contributed by atoms with van der Waals surface area (Å²) in [5.74, 6) is -0.916. The van der Waals surface area contributed by atoms with Crippen molar-refractivity contribution in [3.05, 3.63) is 89.7 Å². The summed E-state index contributed by atoms with van der Waals surface area (Å²) >= 11 is 0. The van der Waals surface area contributed by atoms with E-state index in [2.05, 4.69) is 5.32 Å². The van der Waals surface area contributed by atoms with Crippen molar-refractivity contribution < 1.29 is 27.1 Å². The van der Waals surface area contributed by atoms with E-state index in [1.165, 1.54) is 41.3 Å². The number of anilines is 1. The first kappa shape index (κ1) is 32.6. The van der Waals surface area contributed by atoms with E-state index in [4.69, 9.17) is 4.74 Å². The molecule has 0 saturated heterocycles. The van der Waals surface area contributed by atoms with Gasteiger partial charge in [0.1, 0.15) is 24.2 Å². The Morgan fingerprint density at radius 2 is 1.57 bits per heavy atom. The third-order valence-corrected chi connectivity index (χ3v) is 8.89. The van der Waals surface area contributed by atoms with Crippen LogP contribution in [0.1, 0.15) is 51.7 Å². The lowest BCUT2D eigenvalue weighted by Gasteiger charge is -2.34. The van der Waals surface area contributed by atoms with Crippen molar-refractivity contribution in [2.45, 2.75) is 71.0 Å². The van der Waals surface area contributed by atoms with E-state index in [9.17, 15) is 22.4 Å². The first-order chi connectivity index (χ1) is 20.0. The van der Waals surface area contributed by atoms with Crippen LogP contribution in [-0.4, -0.2) is 50.4 Å². The molecule has 226 valence electrons. The summed E-state index contributed by atoms with van der Waals surface area (Å²) in [6, 6.07) is 17.4. The maximum absolute atomic E-state index is 14.1. The predicted molar refractivity (Wildman–Crippen MR) is 162 cm³/mol. The molecular formula is C32H40FN3O5S. The highest BCUT2D eigenvalue weighted by Crippen LogP contribution is 2.27. The number of ether oxygens (including phenoxy) is 1. The van der Waals surface area contributed by atoms with Crippen LogP contribution < -0.4 is 14.4 Å². The van der Waals surface area contributed by atoms with Crippen molar-refractivity contribution in [2.24, 2.45) is 0 Å². The summed E-state index contributed by atoms with van der Waals surface area (Å²) in [6.45, 7) is 9.32. The molecule has 1 N–H and O–H groups in total. The van der Waals surface area contributed by atoms with Gasteiger partial charge in [0.15, 0.2) is 0 Å². The number of nitrogens with zero attached hydrogens (tertiary/aromatic N) is 2. The molecule has 0 spiro atoms. The summed E-state index contributed by atoms with van der Waals surface area (Å²) < 4.78 is 48.1. The Balaban J connectivity index is 2.06. The summed E-state index contributed by atoms with van der Waals surface area (Å²) in [4.78, 5) is 28.9. The zero-order valence-corrected chi connectivity index (χ0v) is 25.7. The molecular weight excluding hydrogens is 557 g/mol. The molecule has 3 aromatic carbocycles. The molecule has 0 unspecified atom stereocenters. The van der Waals surface area contributed by atoms with Gasteiger partial charge in [-0.2, -0.15) is 0 Å². The number of rotatable bonds is 14. The minimum Gasteiger partial charge on any atom is -0.494 e. The second-order valence-corrected chi connectivity index (χ2v) is 11.9. The number of nitrogens with one attached hydrogen (secondary N) is 1. The second kappa shape index (κ2) is 14.8. The number of aryl methyl sites for hydroxylation is 1. The average molecular weight is 598 g/mol. The molecule has 0 bridgehead atoms. The maximum atomic E-state index is 14.1. The van der Waals surface area contributed by atoms with Crippen LogP contribution >= 0.6 is 0 Å². The van der Waals surface area contributed by atoms with Crippen molar-refractivity contribution >= 4 is 27.5 Å². The highest BCUT2D eigenvalue weighted by atomic mass is 32.2. The molecule has 0 aliphatic carbocycles. The van der Waals surface area contributed by atoms with Crippen molar-refractivity contribution in [1.29, 1.82) is 0 Å². The summed E-state index contributed by atoms with van der Waals surface area (Å²) in [6.07, 6.45) is 1.04. The number of hydrogen-bond acceptors (Lipinski definition) is 5. The summed E-state index contributed by atoms with van der Waals surface area (Å²) in [7, 11) is -4.28. The smallest absolute Gasteiger partial charge is 0.264 e. The van der Waals surface area contributed by atoms with Crippen LogP contribution in [0.5, 0.6) is 5.75 Å². The standard InChI is InChI=1S/C32H40FN3O5S/c1-6-24(5)34-32(38)30(7-2)35(21-25-12-10-9-11-23(25)4)31(37)22-36(27-15-13-26(33)14-16-27)42(39,40)29-19-17-28(18-20-29)41-8-3/h9-20,24,30H,6-8,21-22H2,1-5H3,(H,34,38)/t24-,30-/m1/s1. The maximum Gasteiger partial charge on any atom is 0.264 e. The molecule has 2 amide bonds. The van der Waals surface area contributed by atoms with Gasteiger partial charge >= 0.3 is 0 Å². The van der Waals surface area contributed by atoms with Crippen LogP contribution in [0, 0.1) is 12.7 Å². The Morgan fingerprint density at radius 1 is 0.929 bits per heavy atom. The van der Waals surface area contributed by atoms with Gasteiger partial charge in [0, 0.05) is 12.6 Å². The van der Waals surface area contributed by atoms with Crippen molar-refractivity contribution in [3.63, 3.8) is 0 Å². The van der Waals surface area contributed by atoms with Gasteiger partial charge in [-0.15, -0.1) is 0 Å². The van der Waals surface area contributed by atoms with Gasteiger partial charge < -0.3 is 15.0 Å². The van der Waals surface area contributed by atoms with Crippen molar-refractivity contribution in [3.8, 4) is 5.75 Å². The molecule has 42 heavy (non-hydrogen) atoms. The molecule has 0 aliphatic heterocycles. The third-order valence-electron chi connectivity index (χ3n) is 7.11. The molecule has 0 saturated carbocycles. The molecule has 10 heteroatoms. The second-order valence-electron chi connectivity index (χ2n) is 10.1. The highest BCUT2D eigenvalue weighted by Gasteiger charge is 2.34. The Kier molecular flexibility index (Phi) is 11.5. The fraction of sp³-hybridized carbons (Fsp3) is 0.375. The SMILES string of the molecule is CCOc1ccc(S(=O)(=O)N(CC(=O)N(Cc2ccccc2C)[C@H](CC)C(=O)N[C@H](C)CC)c2ccc(F)cc2)cc1. The quantitative estimate of drug-likeness (QED) is 0.267. The van der Waals surface area contributed by atoms with E-state index in [1.807, 2.05) is 58.9 Å². The molecule has 2 atom stereocenters. The van der Waals surface area contributed by atoms with Crippen molar-refractivity contribution in [2.75, 3.05) is 17.5 Å². The first-order valence-corrected chi connectivity index (χ1v) is 15.6. The van der Waals surface area contributed by atoms with Gasteiger partial charge in [-0.3, -0.25) is 13.9 Å². The molecule has 0 radical (unpaired) electrons. The summed E-state index contributed by atoms with van der Waals surface area (Å²) in [5.41, 5.74) is 1.89. The predicted octanol–water partition coefficient (Wildman–Crippen LogP) is 5.45. The van der Waals surface area contributed by atoms with Gasteiger partial charge in [-0.05, 0) is 93.3 Å². The van der Waals surface area contributed by atoms with Crippen LogP contribution in [0.4, 0.5) is 10.1 Å². The Morgan fingerprint density at radius 3 is 2.14 bits per heavy atom. The number of benzene rings is 3. The van der Waals surface area contributed by atoms with Gasteiger partial charge in [0.2, 0.25) is 11.8 Å². The van der Waals surface area contributed by atoms with Crippen LogP contribution in [0.2, 0.25) is 0 Å². The third kappa shape index (κ3) is 8.09. The first-order valence-electron chi connectivity index (χ1n) is 14.2. The number of carbonyl (C=O) groups excluding carboxylic acids is 2. The van der Waals surface area contributed by atoms with Gasteiger partial charge in [-0.1, -0.05) is 38.1 Å². The molecule has 3 rings (SSSR count). The van der Waals surface area contributed by atoms with Gasteiger partial charge in [0.25, 0.3) is 10.0 Å². The largest absolute Gasteiger partial charge is 0.494 e. The molecule has 3 aromatic rings.